The maximum atomic E-state index is 11.2. The standard InChI is InChI=1S/C12H15ClO4/c1-8(2)17-12(15)7-16-11-4-3-9(6-14)5-10(11)13/h3-5,8,14H,6-7H2,1-2H3. The van der Waals surface area contributed by atoms with Gasteiger partial charge in [0.05, 0.1) is 17.7 Å². The molecule has 1 N–H and O–H groups in total. The summed E-state index contributed by atoms with van der Waals surface area (Å²) < 4.78 is 10.1. The Morgan fingerprint density at radius 3 is 2.71 bits per heavy atom. The lowest BCUT2D eigenvalue weighted by molar-refractivity contribution is -0.149. The van der Waals surface area contributed by atoms with Crippen molar-refractivity contribution in [3.63, 3.8) is 0 Å². The smallest absolute Gasteiger partial charge is 0.344 e. The van der Waals surface area contributed by atoms with E-state index in [0.29, 0.717) is 16.3 Å². The Balaban J connectivity index is 2.55. The molecule has 0 radical (unpaired) electrons. The molecule has 94 valence electrons. The van der Waals surface area contributed by atoms with Crippen LogP contribution in [-0.4, -0.2) is 23.8 Å². The van der Waals surface area contributed by atoms with Gasteiger partial charge in [0, 0.05) is 0 Å². The monoisotopic (exact) mass is 258 g/mol. The van der Waals surface area contributed by atoms with E-state index >= 15 is 0 Å². The molecule has 17 heavy (non-hydrogen) atoms. The largest absolute Gasteiger partial charge is 0.480 e. The van der Waals surface area contributed by atoms with Gasteiger partial charge in [-0.3, -0.25) is 0 Å². The summed E-state index contributed by atoms with van der Waals surface area (Å²) in [5.41, 5.74) is 0.687. The van der Waals surface area contributed by atoms with E-state index in [0.717, 1.165) is 0 Å². The molecule has 0 heterocycles. The van der Waals surface area contributed by atoms with Crippen LogP contribution in [0, 0.1) is 0 Å². The van der Waals surface area contributed by atoms with Crippen LogP contribution >= 0.6 is 11.6 Å². The van der Waals surface area contributed by atoms with Crippen LogP contribution in [0.5, 0.6) is 5.75 Å². The van der Waals surface area contributed by atoms with E-state index in [4.69, 9.17) is 26.2 Å². The van der Waals surface area contributed by atoms with Gasteiger partial charge in [-0.25, -0.2) is 4.79 Å². The number of carbonyl (C=O) groups excluding carboxylic acids is 1. The van der Waals surface area contributed by atoms with Crippen molar-refractivity contribution in [3.8, 4) is 5.75 Å². The summed E-state index contributed by atoms with van der Waals surface area (Å²) >= 11 is 5.91. The number of benzene rings is 1. The summed E-state index contributed by atoms with van der Waals surface area (Å²) in [5.74, 6) is -0.0492. The fourth-order valence-electron chi connectivity index (χ4n) is 1.19. The van der Waals surface area contributed by atoms with Gasteiger partial charge in [0.2, 0.25) is 0 Å². The molecule has 1 rings (SSSR count). The van der Waals surface area contributed by atoms with Gasteiger partial charge in [0.15, 0.2) is 6.61 Å². The van der Waals surface area contributed by atoms with E-state index in [2.05, 4.69) is 0 Å². The van der Waals surface area contributed by atoms with E-state index < -0.39 is 5.97 Å². The summed E-state index contributed by atoms with van der Waals surface area (Å²) in [7, 11) is 0. The lowest BCUT2D eigenvalue weighted by Crippen LogP contribution is -2.18. The lowest BCUT2D eigenvalue weighted by Gasteiger charge is -2.10. The van der Waals surface area contributed by atoms with Crippen LogP contribution in [0.3, 0.4) is 0 Å². The molecule has 5 heteroatoms. The first-order valence-electron chi connectivity index (χ1n) is 5.24. The molecule has 0 saturated heterocycles. The van der Waals surface area contributed by atoms with Crippen molar-refractivity contribution in [1.82, 2.24) is 0 Å². The molecule has 0 unspecified atom stereocenters. The summed E-state index contributed by atoms with van der Waals surface area (Å²) in [6.45, 7) is 3.26. The highest BCUT2D eigenvalue weighted by molar-refractivity contribution is 6.32. The highest BCUT2D eigenvalue weighted by Gasteiger charge is 2.08. The Labute approximate surface area is 105 Å². The average Bonchev–Trinajstić information content (AvgIpc) is 2.26. The zero-order valence-electron chi connectivity index (χ0n) is 9.77. The predicted molar refractivity (Wildman–Crippen MR) is 64.1 cm³/mol. The van der Waals surface area contributed by atoms with Crippen LogP contribution in [0.2, 0.25) is 5.02 Å². The van der Waals surface area contributed by atoms with E-state index in [-0.39, 0.29) is 19.3 Å². The van der Waals surface area contributed by atoms with Crippen LogP contribution in [0.1, 0.15) is 19.4 Å². The van der Waals surface area contributed by atoms with Gasteiger partial charge in [0.25, 0.3) is 0 Å². The van der Waals surface area contributed by atoms with Gasteiger partial charge in [-0.15, -0.1) is 0 Å². The summed E-state index contributed by atoms with van der Waals surface area (Å²) in [6.07, 6.45) is -0.168. The third-order valence-electron chi connectivity index (χ3n) is 1.89. The molecule has 0 spiro atoms. The van der Waals surface area contributed by atoms with Crippen LogP contribution < -0.4 is 4.74 Å². The number of esters is 1. The van der Waals surface area contributed by atoms with Crippen LogP contribution in [0.25, 0.3) is 0 Å². The number of aliphatic hydroxyl groups excluding tert-OH is 1. The molecule has 0 amide bonds. The Morgan fingerprint density at radius 2 is 2.18 bits per heavy atom. The molecule has 0 aliphatic rings. The average molecular weight is 259 g/mol. The van der Waals surface area contributed by atoms with Crippen LogP contribution in [0.15, 0.2) is 18.2 Å². The Kier molecular flexibility index (Phi) is 5.25. The van der Waals surface area contributed by atoms with E-state index in [1.165, 1.54) is 0 Å². The number of aliphatic hydroxyl groups is 1. The zero-order chi connectivity index (χ0) is 12.8. The highest BCUT2D eigenvalue weighted by atomic mass is 35.5. The SMILES string of the molecule is CC(C)OC(=O)COc1ccc(CO)cc1Cl. The first kappa shape index (κ1) is 13.8. The molecule has 4 nitrogen and oxygen atoms in total. The Morgan fingerprint density at radius 1 is 1.47 bits per heavy atom. The van der Waals surface area contributed by atoms with Gasteiger partial charge in [-0.2, -0.15) is 0 Å². The minimum Gasteiger partial charge on any atom is -0.480 e. The summed E-state index contributed by atoms with van der Waals surface area (Å²) in [5, 5.41) is 9.25. The maximum absolute atomic E-state index is 11.2. The number of hydrogen-bond acceptors (Lipinski definition) is 4. The van der Waals surface area contributed by atoms with Gasteiger partial charge in [-0.1, -0.05) is 17.7 Å². The minimum absolute atomic E-state index is 0.0879. The molecule has 1 aromatic rings. The van der Waals surface area contributed by atoms with Gasteiger partial charge in [-0.05, 0) is 31.5 Å². The van der Waals surface area contributed by atoms with Crippen molar-refractivity contribution < 1.29 is 19.4 Å². The molecule has 0 aliphatic heterocycles. The van der Waals surface area contributed by atoms with Crippen molar-refractivity contribution in [2.45, 2.75) is 26.6 Å². The molecule has 0 aliphatic carbocycles. The van der Waals surface area contributed by atoms with E-state index in [1.54, 1.807) is 32.0 Å². The second-order valence-electron chi connectivity index (χ2n) is 3.75. The molecule has 1 aromatic carbocycles. The van der Waals surface area contributed by atoms with Crippen LogP contribution in [0.4, 0.5) is 0 Å². The summed E-state index contributed by atoms with van der Waals surface area (Å²) in [6, 6.07) is 4.87. The number of halogens is 1. The second-order valence-corrected chi connectivity index (χ2v) is 4.16. The second kappa shape index (κ2) is 6.47. The summed E-state index contributed by atoms with van der Waals surface area (Å²) in [4.78, 5) is 11.2. The van der Waals surface area contributed by atoms with E-state index in [9.17, 15) is 4.79 Å². The molecule has 0 aromatic heterocycles. The minimum atomic E-state index is -0.442. The number of hydrogen-bond donors (Lipinski definition) is 1. The van der Waals surface area contributed by atoms with Gasteiger partial charge in [0.1, 0.15) is 5.75 Å². The van der Waals surface area contributed by atoms with Crippen molar-refractivity contribution in [1.29, 1.82) is 0 Å². The molecular weight excluding hydrogens is 244 g/mol. The highest BCUT2D eigenvalue weighted by Crippen LogP contribution is 2.25. The Hall–Kier alpha value is -1.26. The molecule has 0 saturated carbocycles. The number of rotatable bonds is 5. The normalized spacial score (nSPS) is 10.4. The zero-order valence-corrected chi connectivity index (χ0v) is 10.5. The first-order chi connectivity index (χ1) is 8.02. The van der Waals surface area contributed by atoms with Crippen LogP contribution in [-0.2, 0) is 16.1 Å². The first-order valence-corrected chi connectivity index (χ1v) is 5.62. The molecule has 0 fully saturated rings. The predicted octanol–water partition coefficient (Wildman–Crippen LogP) is 2.16. The van der Waals surface area contributed by atoms with Crippen molar-refractivity contribution in [2.75, 3.05) is 6.61 Å². The van der Waals surface area contributed by atoms with Crippen molar-refractivity contribution >= 4 is 17.6 Å². The maximum Gasteiger partial charge on any atom is 0.344 e. The van der Waals surface area contributed by atoms with Crippen molar-refractivity contribution in [3.05, 3.63) is 28.8 Å². The van der Waals surface area contributed by atoms with Crippen molar-refractivity contribution in [2.24, 2.45) is 0 Å². The fourth-order valence-corrected chi connectivity index (χ4v) is 1.45. The topological polar surface area (TPSA) is 55.8 Å². The molecular formula is C12H15ClO4. The van der Waals surface area contributed by atoms with Gasteiger partial charge >= 0.3 is 5.97 Å². The molecule has 0 bridgehead atoms. The van der Waals surface area contributed by atoms with Gasteiger partial charge < -0.3 is 14.6 Å². The lowest BCUT2D eigenvalue weighted by atomic mass is 10.2. The Bertz CT molecular complexity index is 390. The molecule has 0 atom stereocenters. The number of carbonyl (C=O) groups is 1. The van der Waals surface area contributed by atoms with E-state index in [1.807, 2.05) is 0 Å². The third kappa shape index (κ3) is 4.63. The quantitative estimate of drug-likeness (QED) is 0.823. The fraction of sp³-hybridized carbons (Fsp3) is 0.417. The number of ether oxygens (including phenoxy) is 2. The third-order valence-corrected chi connectivity index (χ3v) is 2.19.